The lowest BCUT2D eigenvalue weighted by molar-refractivity contribution is -0.128. The number of ketones is 1. The van der Waals surface area contributed by atoms with Crippen molar-refractivity contribution in [3.05, 3.63) is 101 Å². The van der Waals surface area contributed by atoms with Gasteiger partial charge in [0, 0.05) is 25.1 Å². The first-order chi connectivity index (χ1) is 19.8. The average molecular weight is 563 g/mol. The van der Waals surface area contributed by atoms with Crippen LogP contribution in [0.25, 0.3) is 0 Å². The van der Waals surface area contributed by atoms with E-state index in [-0.39, 0.29) is 43.7 Å². The molecule has 9 heteroatoms. The summed E-state index contributed by atoms with van der Waals surface area (Å²) in [5.41, 5.74) is 8.32. The summed E-state index contributed by atoms with van der Waals surface area (Å²) in [4.78, 5) is 38.8. The Kier molecular flexibility index (Phi) is 12.5. The van der Waals surface area contributed by atoms with Crippen LogP contribution in [0.3, 0.4) is 0 Å². The maximum Gasteiger partial charge on any atom is 0.237 e. The predicted octanol–water partition coefficient (Wildman–Crippen LogP) is 3.21. The van der Waals surface area contributed by atoms with E-state index in [2.05, 4.69) is 16.0 Å². The molecule has 2 amide bonds. The van der Waals surface area contributed by atoms with Crippen molar-refractivity contribution in [2.75, 3.05) is 13.2 Å². The fraction of sp³-hybridized carbons (Fsp3) is 0.344. The van der Waals surface area contributed by atoms with Gasteiger partial charge in [-0.05, 0) is 54.7 Å². The van der Waals surface area contributed by atoms with Crippen LogP contribution in [-0.4, -0.2) is 42.8 Å². The molecule has 0 saturated heterocycles. The molecule has 0 radical (unpaired) electrons. The van der Waals surface area contributed by atoms with Crippen molar-refractivity contribution >= 4 is 17.6 Å². The van der Waals surface area contributed by atoms with E-state index in [0.29, 0.717) is 30.6 Å². The molecule has 0 spiro atoms. The van der Waals surface area contributed by atoms with E-state index in [0.717, 1.165) is 16.9 Å². The topological polar surface area (TPSA) is 123 Å². The van der Waals surface area contributed by atoms with Gasteiger partial charge in [-0.15, -0.1) is 0 Å². The van der Waals surface area contributed by atoms with Crippen LogP contribution < -0.4 is 26.4 Å². The van der Waals surface area contributed by atoms with Gasteiger partial charge in [-0.25, -0.2) is 4.39 Å². The maximum absolute atomic E-state index is 14.2. The molecule has 0 aliphatic carbocycles. The van der Waals surface area contributed by atoms with E-state index in [9.17, 15) is 18.8 Å². The molecule has 8 nitrogen and oxygen atoms in total. The molecule has 0 heterocycles. The van der Waals surface area contributed by atoms with Crippen LogP contribution in [0, 0.1) is 5.82 Å². The number of rotatable bonds is 16. The van der Waals surface area contributed by atoms with Crippen LogP contribution in [0.2, 0.25) is 0 Å². The minimum absolute atomic E-state index is 0.0911. The van der Waals surface area contributed by atoms with Crippen LogP contribution in [0.5, 0.6) is 5.75 Å². The summed E-state index contributed by atoms with van der Waals surface area (Å²) in [5.74, 6) is -0.500. The van der Waals surface area contributed by atoms with Gasteiger partial charge < -0.3 is 21.1 Å². The molecule has 5 N–H and O–H groups in total. The molecule has 0 aromatic heterocycles. The van der Waals surface area contributed by atoms with Crippen LogP contribution >= 0.6 is 0 Å². The SMILES string of the molecule is CCOc1ccc(C[C@@H](NC(=O)CC)C(=O)CN[C@@H](Cc2ccccc2)C(=O)NCc2ccc(CN)c(F)c2)cc1. The Balaban J connectivity index is 1.69. The second kappa shape index (κ2) is 16.2. The van der Waals surface area contributed by atoms with Crippen molar-refractivity contribution in [1.82, 2.24) is 16.0 Å². The number of hydrogen-bond donors (Lipinski definition) is 4. The van der Waals surface area contributed by atoms with Crippen molar-refractivity contribution in [3.8, 4) is 5.75 Å². The molecule has 3 aromatic rings. The third kappa shape index (κ3) is 10.1. The highest BCUT2D eigenvalue weighted by Crippen LogP contribution is 2.14. The standard InChI is InChI=1S/C32H39FN4O4/c1-3-31(39)37-28(17-23-11-14-26(15-12-23)41-4-2)30(38)21-35-29(18-22-8-6-5-7-9-22)32(40)36-20-24-10-13-25(19-34)27(33)16-24/h5-16,28-29,35H,3-4,17-21,34H2,1-2H3,(H,36,40)(H,37,39)/t28-,29+/m1/s1. The van der Waals surface area contributed by atoms with Gasteiger partial charge in [0.15, 0.2) is 5.78 Å². The lowest BCUT2D eigenvalue weighted by Gasteiger charge is -2.22. The van der Waals surface area contributed by atoms with E-state index >= 15 is 0 Å². The van der Waals surface area contributed by atoms with E-state index in [1.54, 1.807) is 19.1 Å². The molecule has 3 rings (SSSR count). The summed E-state index contributed by atoms with van der Waals surface area (Å²) in [5, 5.41) is 8.75. The monoisotopic (exact) mass is 562 g/mol. The number of carbonyl (C=O) groups is 3. The minimum atomic E-state index is -0.766. The second-order valence-electron chi connectivity index (χ2n) is 9.69. The normalized spacial score (nSPS) is 12.3. The number of halogens is 1. The Morgan fingerprint density at radius 2 is 1.54 bits per heavy atom. The van der Waals surface area contributed by atoms with E-state index in [4.69, 9.17) is 10.5 Å². The number of hydrogen-bond acceptors (Lipinski definition) is 6. The maximum atomic E-state index is 14.2. The summed E-state index contributed by atoms with van der Waals surface area (Å²) in [6, 6.07) is 20.0. The zero-order valence-corrected chi connectivity index (χ0v) is 23.6. The molecule has 41 heavy (non-hydrogen) atoms. The molecular formula is C32H39FN4O4. The highest BCUT2D eigenvalue weighted by Gasteiger charge is 2.24. The quantitative estimate of drug-likeness (QED) is 0.213. The third-order valence-corrected chi connectivity index (χ3v) is 6.65. The first kappa shape index (κ1) is 31.4. The second-order valence-corrected chi connectivity index (χ2v) is 9.69. The molecule has 0 aliphatic rings. The predicted molar refractivity (Wildman–Crippen MR) is 157 cm³/mol. The minimum Gasteiger partial charge on any atom is -0.494 e. The number of benzene rings is 3. The zero-order chi connectivity index (χ0) is 29.6. The molecule has 0 bridgehead atoms. The zero-order valence-electron chi connectivity index (χ0n) is 23.6. The van der Waals surface area contributed by atoms with Crippen LogP contribution in [-0.2, 0) is 40.3 Å². The van der Waals surface area contributed by atoms with Gasteiger partial charge in [-0.1, -0.05) is 61.5 Å². The van der Waals surface area contributed by atoms with Gasteiger partial charge in [0.25, 0.3) is 0 Å². The van der Waals surface area contributed by atoms with Gasteiger partial charge in [0.1, 0.15) is 11.6 Å². The molecule has 0 aliphatic heterocycles. The molecule has 0 unspecified atom stereocenters. The Bertz CT molecular complexity index is 1280. The van der Waals surface area contributed by atoms with Gasteiger partial charge in [0.05, 0.1) is 25.2 Å². The van der Waals surface area contributed by atoms with Crippen molar-refractivity contribution < 1.29 is 23.5 Å². The Labute approximate surface area is 240 Å². The van der Waals surface area contributed by atoms with Gasteiger partial charge in [-0.3, -0.25) is 19.7 Å². The highest BCUT2D eigenvalue weighted by molar-refractivity contribution is 5.91. The lowest BCUT2D eigenvalue weighted by atomic mass is 10.0. The smallest absolute Gasteiger partial charge is 0.237 e. The number of amides is 2. The van der Waals surface area contributed by atoms with E-state index in [1.807, 2.05) is 61.5 Å². The first-order valence-electron chi connectivity index (χ1n) is 13.9. The average Bonchev–Trinajstić information content (AvgIpc) is 2.99. The van der Waals surface area contributed by atoms with Crippen LogP contribution in [0.4, 0.5) is 4.39 Å². The summed E-state index contributed by atoms with van der Waals surface area (Å²) in [7, 11) is 0. The Hall–Kier alpha value is -4.08. The number of ether oxygens (including phenoxy) is 1. The first-order valence-corrected chi connectivity index (χ1v) is 13.9. The van der Waals surface area contributed by atoms with Gasteiger partial charge in [-0.2, -0.15) is 0 Å². The molecule has 0 fully saturated rings. The number of carbonyl (C=O) groups excluding carboxylic acids is 3. The molecule has 2 atom stereocenters. The van der Waals surface area contributed by atoms with Gasteiger partial charge >= 0.3 is 0 Å². The fourth-order valence-corrected chi connectivity index (χ4v) is 4.30. The lowest BCUT2D eigenvalue weighted by Crippen LogP contribution is -2.51. The molecule has 218 valence electrons. The Morgan fingerprint density at radius 3 is 2.17 bits per heavy atom. The van der Waals surface area contributed by atoms with Crippen molar-refractivity contribution in [2.45, 2.75) is 58.3 Å². The molecule has 0 saturated carbocycles. The number of Topliss-reactive ketones (excluding diaryl/α,β-unsaturated/α-hetero) is 1. The largest absolute Gasteiger partial charge is 0.494 e. The fourth-order valence-electron chi connectivity index (χ4n) is 4.30. The number of nitrogens with one attached hydrogen (secondary N) is 3. The van der Waals surface area contributed by atoms with Crippen molar-refractivity contribution in [3.63, 3.8) is 0 Å². The summed E-state index contributed by atoms with van der Waals surface area (Å²) in [6.45, 7) is 4.26. The Morgan fingerprint density at radius 1 is 0.878 bits per heavy atom. The van der Waals surface area contributed by atoms with E-state index in [1.165, 1.54) is 6.07 Å². The number of nitrogens with two attached hydrogens (primary N) is 1. The van der Waals surface area contributed by atoms with Gasteiger partial charge in [0.2, 0.25) is 11.8 Å². The molecule has 3 aromatic carbocycles. The van der Waals surface area contributed by atoms with Crippen LogP contribution in [0.1, 0.15) is 42.5 Å². The highest BCUT2D eigenvalue weighted by atomic mass is 19.1. The van der Waals surface area contributed by atoms with E-state index < -0.39 is 17.9 Å². The summed E-state index contributed by atoms with van der Waals surface area (Å²) in [6.07, 6.45) is 0.885. The van der Waals surface area contributed by atoms with Crippen molar-refractivity contribution in [2.24, 2.45) is 5.73 Å². The van der Waals surface area contributed by atoms with Crippen molar-refractivity contribution in [1.29, 1.82) is 0 Å². The summed E-state index contributed by atoms with van der Waals surface area (Å²) < 4.78 is 19.6. The van der Waals surface area contributed by atoms with Crippen LogP contribution in [0.15, 0.2) is 72.8 Å². The summed E-state index contributed by atoms with van der Waals surface area (Å²) >= 11 is 0. The molecular weight excluding hydrogens is 523 g/mol. The third-order valence-electron chi connectivity index (χ3n) is 6.65.